The van der Waals surface area contributed by atoms with Crippen molar-refractivity contribution in [2.24, 2.45) is 10.8 Å². The predicted molar refractivity (Wildman–Crippen MR) is 89.5 cm³/mol. The summed E-state index contributed by atoms with van der Waals surface area (Å²) >= 11 is 0. The molecule has 0 spiro atoms. The summed E-state index contributed by atoms with van der Waals surface area (Å²) in [4.78, 5) is 35.3. The first-order chi connectivity index (χ1) is 10.6. The van der Waals surface area contributed by atoms with Crippen molar-refractivity contribution in [3.63, 3.8) is 0 Å². The molecule has 0 aromatic carbocycles. The highest BCUT2D eigenvalue weighted by Crippen LogP contribution is 2.45. The predicted octanol–water partition coefficient (Wildman–Crippen LogP) is 2.41. The van der Waals surface area contributed by atoms with E-state index >= 15 is 0 Å². The van der Waals surface area contributed by atoms with Gasteiger partial charge in [0, 0.05) is 25.2 Å². The van der Waals surface area contributed by atoms with Crippen molar-refractivity contribution >= 4 is 18.3 Å². The maximum absolute atomic E-state index is 12.1. The Balaban J connectivity index is 2.77. The molecule has 2 atom stereocenters. The number of nitrogens with zero attached hydrogens (tertiary/aromatic N) is 1. The average molecular weight is 323 g/mol. The number of hydrogen-bond donors (Lipinski definition) is 2. The molecule has 130 valence electrons. The Hall–Kier alpha value is -1.85. The van der Waals surface area contributed by atoms with Crippen LogP contribution in [0.5, 0.6) is 0 Å². The van der Waals surface area contributed by atoms with Crippen molar-refractivity contribution < 1.29 is 14.4 Å². The molecule has 1 rings (SSSR count). The molecule has 1 aliphatic carbocycles. The lowest BCUT2D eigenvalue weighted by atomic mass is 9.62. The second-order valence-corrected chi connectivity index (χ2v) is 7.53. The maximum Gasteiger partial charge on any atom is 0.328 e. The minimum absolute atomic E-state index is 0.0361. The molecule has 1 saturated carbocycles. The SMILES string of the molecule is C=CN(C=O)C(=O)NC1CC(C)(C)CC(C)(CNC(=O)CC)C1. The molecule has 0 aliphatic heterocycles. The van der Waals surface area contributed by atoms with Gasteiger partial charge in [-0.25, -0.2) is 9.69 Å². The average Bonchev–Trinajstić information content (AvgIpc) is 2.44. The van der Waals surface area contributed by atoms with Crippen molar-refractivity contribution in [1.29, 1.82) is 0 Å². The van der Waals surface area contributed by atoms with Crippen LogP contribution in [0.3, 0.4) is 0 Å². The number of carbonyl (C=O) groups excluding carboxylic acids is 3. The monoisotopic (exact) mass is 323 g/mol. The molecule has 6 heteroatoms. The third kappa shape index (κ3) is 5.69. The zero-order valence-corrected chi connectivity index (χ0v) is 14.6. The Bertz CT molecular complexity index is 468. The summed E-state index contributed by atoms with van der Waals surface area (Å²) in [7, 11) is 0. The fraction of sp³-hybridized carbons (Fsp3) is 0.706. The number of imide groups is 1. The largest absolute Gasteiger partial charge is 0.356 e. The first-order valence-corrected chi connectivity index (χ1v) is 8.08. The summed E-state index contributed by atoms with van der Waals surface area (Å²) in [5, 5.41) is 5.87. The Kier molecular flexibility index (Phi) is 6.36. The summed E-state index contributed by atoms with van der Waals surface area (Å²) in [5.74, 6) is 0.0361. The molecule has 0 heterocycles. The standard InChI is InChI=1S/C17H29N3O3/c1-6-14(22)18-11-17(5)9-13(8-16(3,4)10-17)19-15(23)20(7-2)12-21/h7,12-13H,2,6,8-11H2,1,3-5H3,(H,18,22)(H,19,23). The summed E-state index contributed by atoms with van der Waals surface area (Å²) in [6, 6.07) is -0.505. The molecule has 2 N–H and O–H groups in total. The van der Waals surface area contributed by atoms with Gasteiger partial charge >= 0.3 is 6.03 Å². The van der Waals surface area contributed by atoms with E-state index < -0.39 is 6.03 Å². The fourth-order valence-electron chi connectivity index (χ4n) is 3.73. The van der Waals surface area contributed by atoms with Crippen LogP contribution in [-0.4, -0.2) is 35.8 Å². The van der Waals surface area contributed by atoms with E-state index in [0.717, 1.165) is 24.2 Å². The molecule has 0 aromatic heterocycles. The van der Waals surface area contributed by atoms with Gasteiger partial charge in [0.15, 0.2) is 0 Å². The van der Waals surface area contributed by atoms with Crippen LogP contribution in [0.4, 0.5) is 4.79 Å². The van der Waals surface area contributed by atoms with E-state index in [1.165, 1.54) is 6.20 Å². The van der Waals surface area contributed by atoms with E-state index in [4.69, 9.17) is 0 Å². The van der Waals surface area contributed by atoms with Crippen LogP contribution in [0.25, 0.3) is 0 Å². The summed E-state index contributed by atoms with van der Waals surface area (Å²) in [6.45, 7) is 12.3. The number of carbonyl (C=O) groups is 3. The minimum Gasteiger partial charge on any atom is -0.356 e. The van der Waals surface area contributed by atoms with Crippen LogP contribution in [0.15, 0.2) is 12.8 Å². The van der Waals surface area contributed by atoms with Crippen LogP contribution >= 0.6 is 0 Å². The van der Waals surface area contributed by atoms with Gasteiger partial charge in [0.1, 0.15) is 0 Å². The molecule has 2 unspecified atom stereocenters. The lowest BCUT2D eigenvalue weighted by Crippen LogP contribution is -2.52. The third-order valence-corrected chi connectivity index (χ3v) is 4.35. The van der Waals surface area contributed by atoms with Crippen molar-refractivity contribution in [1.82, 2.24) is 15.5 Å². The normalized spacial score (nSPS) is 26.0. The van der Waals surface area contributed by atoms with Gasteiger partial charge in [-0.05, 0) is 30.1 Å². The molecule has 0 radical (unpaired) electrons. The quantitative estimate of drug-likeness (QED) is 0.737. The number of nitrogens with one attached hydrogen (secondary N) is 2. The number of rotatable bonds is 6. The molecule has 23 heavy (non-hydrogen) atoms. The van der Waals surface area contributed by atoms with E-state index in [9.17, 15) is 14.4 Å². The van der Waals surface area contributed by atoms with E-state index in [2.05, 4.69) is 38.0 Å². The van der Waals surface area contributed by atoms with E-state index in [0.29, 0.717) is 19.4 Å². The van der Waals surface area contributed by atoms with Crippen LogP contribution < -0.4 is 10.6 Å². The highest BCUT2D eigenvalue weighted by atomic mass is 16.2. The van der Waals surface area contributed by atoms with Crippen molar-refractivity contribution in [2.45, 2.75) is 59.4 Å². The second-order valence-electron chi connectivity index (χ2n) is 7.53. The van der Waals surface area contributed by atoms with E-state index in [1.807, 2.05) is 6.92 Å². The highest BCUT2D eigenvalue weighted by molar-refractivity contribution is 5.86. The van der Waals surface area contributed by atoms with E-state index in [-0.39, 0.29) is 22.8 Å². The maximum atomic E-state index is 12.1. The molecule has 1 aliphatic rings. The zero-order chi connectivity index (χ0) is 17.7. The minimum atomic E-state index is -0.461. The Morgan fingerprint density at radius 3 is 2.48 bits per heavy atom. The molecule has 0 bridgehead atoms. The van der Waals surface area contributed by atoms with Gasteiger partial charge in [0.2, 0.25) is 12.3 Å². The first kappa shape index (κ1) is 19.2. The number of urea groups is 1. The molecule has 6 nitrogen and oxygen atoms in total. The molecule has 1 fully saturated rings. The van der Waals surface area contributed by atoms with Crippen molar-refractivity contribution in [3.8, 4) is 0 Å². The van der Waals surface area contributed by atoms with Crippen LogP contribution in [0.2, 0.25) is 0 Å². The summed E-state index contributed by atoms with van der Waals surface area (Å²) in [6.07, 6.45) is 4.66. The second kappa shape index (κ2) is 7.62. The van der Waals surface area contributed by atoms with Gasteiger partial charge in [-0.2, -0.15) is 0 Å². The third-order valence-electron chi connectivity index (χ3n) is 4.35. The van der Waals surface area contributed by atoms with Gasteiger partial charge in [-0.1, -0.05) is 34.3 Å². The van der Waals surface area contributed by atoms with Gasteiger partial charge in [-0.3, -0.25) is 9.59 Å². The Morgan fingerprint density at radius 2 is 1.96 bits per heavy atom. The zero-order valence-electron chi connectivity index (χ0n) is 14.6. The lowest BCUT2D eigenvalue weighted by Gasteiger charge is -2.47. The van der Waals surface area contributed by atoms with Crippen molar-refractivity contribution in [2.75, 3.05) is 6.54 Å². The fourth-order valence-corrected chi connectivity index (χ4v) is 3.73. The summed E-state index contributed by atoms with van der Waals surface area (Å²) < 4.78 is 0. The van der Waals surface area contributed by atoms with Crippen LogP contribution in [-0.2, 0) is 9.59 Å². The summed E-state index contributed by atoms with van der Waals surface area (Å²) in [5.41, 5.74) is -0.0488. The first-order valence-electron chi connectivity index (χ1n) is 8.08. The lowest BCUT2D eigenvalue weighted by molar-refractivity contribution is -0.121. The Labute approximate surface area is 138 Å². The van der Waals surface area contributed by atoms with Gasteiger partial charge in [-0.15, -0.1) is 0 Å². The number of hydrogen-bond acceptors (Lipinski definition) is 3. The van der Waals surface area contributed by atoms with Crippen LogP contribution in [0, 0.1) is 10.8 Å². The molecule has 0 aromatic rings. The Morgan fingerprint density at radius 1 is 1.30 bits per heavy atom. The molecular weight excluding hydrogens is 294 g/mol. The molecule has 0 saturated heterocycles. The smallest absolute Gasteiger partial charge is 0.328 e. The highest BCUT2D eigenvalue weighted by Gasteiger charge is 2.42. The topological polar surface area (TPSA) is 78.5 Å². The van der Waals surface area contributed by atoms with Gasteiger partial charge in [0.25, 0.3) is 0 Å². The molecule has 4 amide bonds. The van der Waals surface area contributed by atoms with Crippen LogP contribution in [0.1, 0.15) is 53.4 Å². The number of amides is 4. The van der Waals surface area contributed by atoms with Crippen molar-refractivity contribution in [3.05, 3.63) is 12.8 Å². The van der Waals surface area contributed by atoms with Gasteiger partial charge < -0.3 is 10.6 Å². The van der Waals surface area contributed by atoms with E-state index in [1.54, 1.807) is 0 Å². The van der Waals surface area contributed by atoms with Gasteiger partial charge in [0.05, 0.1) is 0 Å². The molecular formula is C17H29N3O3.